The van der Waals surface area contributed by atoms with Crippen molar-refractivity contribution in [2.45, 2.75) is 12.1 Å². The third kappa shape index (κ3) is 2.71. The Bertz CT molecular complexity index is 396. The molecule has 6 nitrogen and oxygen atoms in total. The van der Waals surface area contributed by atoms with E-state index < -0.39 is 29.8 Å². The predicted molar refractivity (Wildman–Crippen MR) is 47.9 cm³/mol. The molecule has 0 bridgehead atoms. The minimum atomic E-state index is -1.55. The molecule has 0 radical (unpaired) electrons. The van der Waals surface area contributed by atoms with Gasteiger partial charge in [-0.2, -0.15) is 0 Å². The number of carboxylic acid groups (broad SMARTS) is 2. The minimum absolute atomic E-state index is 0.0870. The number of hydrogen-bond donors (Lipinski definition) is 1. The summed E-state index contributed by atoms with van der Waals surface area (Å²) in [6.45, 7) is 3.12. The molecule has 16 heavy (non-hydrogen) atoms. The maximum atomic E-state index is 10.6. The zero-order valence-corrected chi connectivity index (χ0v) is 8.34. The van der Waals surface area contributed by atoms with Crippen molar-refractivity contribution in [1.82, 2.24) is 0 Å². The van der Waals surface area contributed by atoms with Crippen LogP contribution in [-0.2, 0) is 14.3 Å². The van der Waals surface area contributed by atoms with Crippen LogP contribution in [0.4, 0.5) is 0 Å². The minimum Gasteiger partial charge on any atom is -0.545 e. The Kier molecular flexibility index (Phi) is 3.47. The van der Waals surface area contributed by atoms with Crippen molar-refractivity contribution in [1.29, 1.82) is 0 Å². The van der Waals surface area contributed by atoms with Gasteiger partial charge in [-0.05, 0) is 17.7 Å². The fourth-order valence-electron chi connectivity index (χ4n) is 1.16. The summed E-state index contributed by atoms with van der Waals surface area (Å²) in [7, 11) is 0. The predicted octanol–water partition coefficient (Wildman–Crippen LogP) is -3.51. The number of hydrogen-bond acceptors (Lipinski definition) is 5. The molecule has 0 saturated carbocycles. The van der Waals surface area contributed by atoms with Gasteiger partial charge >= 0.3 is 0 Å². The molecule has 1 rings (SSSR count). The van der Waals surface area contributed by atoms with E-state index >= 15 is 0 Å². The maximum absolute atomic E-state index is 10.6. The highest BCUT2D eigenvalue weighted by Crippen LogP contribution is 2.14. The Morgan fingerprint density at radius 2 is 2.06 bits per heavy atom. The molecule has 0 unspecified atom stereocenters. The lowest BCUT2D eigenvalue weighted by Gasteiger charge is -2.23. The highest BCUT2D eigenvalue weighted by Gasteiger charge is 2.23. The number of rotatable bonds is 4. The Morgan fingerprint density at radius 1 is 1.44 bits per heavy atom. The Labute approximate surface area is 91.3 Å². The molecule has 86 valence electrons. The normalized spacial score (nSPS) is 23.4. The van der Waals surface area contributed by atoms with E-state index in [1.165, 1.54) is 18.2 Å². The highest BCUT2D eigenvalue weighted by molar-refractivity contribution is 5.88. The second-order valence-electron chi connectivity index (χ2n) is 3.23. The second-order valence-corrected chi connectivity index (χ2v) is 3.23. The molecule has 0 spiro atoms. The highest BCUT2D eigenvalue weighted by atomic mass is 16.5. The van der Waals surface area contributed by atoms with Gasteiger partial charge < -0.3 is 30.3 Å². The van der Waals surface area contributed by atoms with Crippen LogP contribution in [0.25, 0.3) is 0 Å². The molecule has 0 aromatic carbocycles. The molecule has 0 fully saturated rings. The molecule has 0 amide bonds. The lowest BCUT2D eigenvalue weighted by Crippen LogP contribution is -2.66. The van der Waals surface area contributed by atoms with Crippen LogP contribution in [0, 0.1) is 0 Å². The summed E-state index contributed by atoms with van der Waals surface area (Å²) in [6, 6.07) is -0.404. The number of ether oxygens (including phenoxy) is 1. The van der Waals surface area contributed by atoms with Gasteiger partial charge in [0.15, 0.2) is 6.10 Å². The van der Waals surface area contributed by atoms with Crippen LogP contribution >= 0.6 is 0 Å². The summed E-state index contributed by atoms with van der Waals surface area (Å²) in [5.41, 5.74) is 3.57. The van der Waals surface area contributed by atoms with E-state index in [9.17, 15) is 19.8 Å². The first-order chi connectivity index (χ1) is 7.41. The third-order valence-electron chi connectivity index (χ3n) is 2.03. The molecule has 0 aliphatic heterocycles. The number of quaternary nitrogens is 1. The molecule has 0 aromatic heterocycles. The van der Waals surface area contributed by atoms with Crippen LogP contribution in [0.5, 0.6) is 0 Å². The van der Waals surface area contributed by atoms with Crippen LogP contribution in [0.1, 0.15) is 0 Å². The average Bonchev–Trinajstić information content (AvgIpc) is 2.20. The van der Waals surface area contributed by atoms with Gasteiger partial charge in [-0.3, -0.25) is 0 Å². The summed E-state index contributed by atoms with van der Waals surface area (Å²) in [6.07, 6.45) is 3.23. The third-order valence-corrected chi connectivity index (χ3v) is 2.03. The van der Waals surface area contributed by atoms with Crippen molar-refractivity contribution < 1.29 is 30.3 Å². The van der Waals surface area contributed by atoms with Crippen molar-refractivity contribution in [2.24, 2.45) is 0 Å². The number of carboxylic acids is 2. The molecule has 6 heteroatoms. The van der Waals surface area contributed by atoms with E-state index in [1.807, 2.05) is 0 Å². The van der Waals surface area contributed by atoms with Crippen molar-refractivity contribution >= 4 is 11.9 Å². The van der Waals surface area contributed by atoms with Gasteiger partial charge in [0.05, 0.1) is 5.97 Å². The van der Waals surface area contributed by atoms with E-state index in [1.54, 1.807) is 0 Å². The molecule has 0 aromatic rings. The van der Waals surface area contributed by atoms with Crippen LogP contribution in [-0.4, -0.2) is 24.1 Å². The quantitative estimate of drug-likeness (QED) is 0.392. The van der Waals surface area contributed by atoms with Crippen molar-refractivity contribution in [3.8, 4) is 0 Å². The molecule has 1 aliphatic carbocycles. The summed E-state index contributed by atoms with van der Waals surface area (Å²) >= 11 is 0. The summed E-state index contributed by atoms with van der Waals surface area (Å²) < 4.78 is 4.91. The fraction of sp³-hybridized carbons (Fsp3) is 0.200. The lowest BCUT2D eigenvalue weighted by molar-refractivity contribution is -0.417. The van der Waals surface area contributed by atoms with E-state index in [-0.39, 0.29) is 5.57 Å². The van der Waals surface area contributed by atoms with E-state index in [2.05, 4.69) is 12.3 Å². The maximum Gasteiger partial charge on any atom is 0.173 e. The standard InChI is InChI=1S/C10H11NO5/c1-5(9(12)13)16-8-4-6(10(14)15)2-3-7(8)11/h2-4,7-8H,1,11H2,(H,12,13)(H,14,15)/p-1/t7-,8-/m1/s1. The molecule has 0 saturated heterocycles. The number of aliphatic carboxylic acids is 2. The molecule has 1 aliphatic rings. The van der Waals surface area contributed by atoms with Gasteiger partial charge in [-0.25, -0.2) is 0 Å². The largest absolute Gasteiger partial charge is 0.545 e. The van der Waals surface area contributed by atoms with Gasteiger partial charge in [-0.1, -0.05) is 12.7 Å². The van der Waals surface area contributed by atoms with Gasteiger partial charge in [0.25, 0.3) is 0 Å². The van der Waals surface area contributed by atoms with Gasteiger partial charge in [0.1, 0.15) is 17.8 Å². The summed E-state index contributed by atoms with van der Waals surface area (Å²) in [5, 5.41) is 20.9. The Morgan fingerprint density at radius 3 is 2.56 bits per heavy atom. The second kappa shape index (κ2) is 4.63. The topological polar surface area (TPSA) is 117 Å². The Hall–Kier alpha value is -2.08. The van der Waals surface area contributed by atoms with Gasteiger partial charge in [0, 0.05) is 0 Å². The van der Waals surface area contributed by atoms with Crippen LogP contribution in [0.15, 0.2) is 36.1 Å². The van der Waals surface area contributed by atoms with Gasteiger partial charge in [0.2, 0.25) is 0 Å². The first kappa shape index (κ1) is 12.0. The first-order valence-corrected chi connectivity index (χ1v) is 4.43. The van der Waals surface area contributed by atoms with E-state index in [4.69, 9.17) is 4.74 Å². The smallest absolute Gasteiger partial charge is 0.173 e. The average molecular weight is 224 g/mol. The zero-order valence-electron chi connectivity index (χ0n) is 8.34. The van der Waals surface area contributed by atoms with Crippen LogP contribution < -0.4 is 15.9 Å². The first-order valence-electron chi connectivity index (χ1n) is 4.43. The summed E-state index contributed by atoms with van der Waals surface area (Å²) in [5.74, 6) is -3.48. The van der Waals surface area contributed by atoms with Crippen molar-refractivity contribution in [3.63, 3.8) is 0 Å². The molecule has 3 N–H and O–H groups in total. The SMILES string of the molecule is C=C(O[C@@H]1C=C(C(=O)[O-])C=C[C@H]1[NH3+])C(=O)[O-]. The van der Waals surface area contributed by atoms with Crippen molar-refractivity contribution in [2.75, 3.05) is 0 Å². The lowest BCUT2D eigenvalue weighted by atomic mass is 10.0. The molecule has 0 heterocycles. The number of carbonyl (C=O) groups is 2. The van der Waals surface area contributed by atoms with Crippen LogP contribution in [0.3, 0.4) is 0 Å². The summed E-state index contributed by atoms with van der Waals surface area (Å²) in [4.78, 5) is 20.9. The monoisotopic (exact) mass is 224 g/mol. The fourth-order valence-corrected chi connectivity index (χ4v) is 1.16. The zero-order chi connectivity index (χ0) is 12.3. The van der Waals surface area contributed by atoms with Crippen molar-refractivity contribution in [3.05, 3.63) is 36.1 Å². The molecular formula is C10H10NO5-. The van der Waals surface area contributed by atoms with Crippen LogP contribution in [0.2, 0.25) is 0 Å². The number of carbonyl (C=O) groups excluding carboxylic acids is 2. The molecule has 2 atom stereocenters. The van der Waals surface area contributed by atoms with E-state index in [0.29, 0.717) is 0 Å². The Balaban J connectivity index is 2.80. The van der Waals surface area contributed by atoms with E-state index in [0.717, 1.165) is 0 Å². The molecular weight excluding hydrogens is 214 g/mol. The van der Waals surface area contributed by atoms with Gasteiger partial charge in [-0.15, -0.1) is 0 Å².